The molecule has 0 spiro atoms. The minimum absolute atomic E-state index is 0.0526. The molecule has 2 aliphatic rings. The monoisotopic (exact) mass is 1310 g/mol. The molecule has 95 heavy (non-hydrogen) atoms. The van der Waals surface area contributed by atoms with Crippen LogP contribution in [0.3, 0.4) is 0 Å². The Bertz CT molecular complexity index is 3800. The van der Waals surface area contributed by atoms with Gasteiger partial charge in [-0.1, -0.05) is 84.4 Å². The first-order valence-corrected chi connectivity index (χ1v) is 32.6. The van der Waals surface area contributed by atoms with E-state index in [-0.39, 0.29) is 26.3 Å². The lowest BCUT2D eigenvalue weighted by molar-refractivity contribution is -0.158. The highest BCUT2D eigenvalue weighted by Gasteiger charge is 2.31. The van der Waals surface area contributed by atoms with E-state index in [1.54, 1.807) is 47.9 Å². The van der Waals surface area contributed by atoms with Crippen LogP contribution in [-0.4, -0.2) is 126 Å². The van der Waals surface area contributed by atoms with Gasteiger partial charge in [-0.3, -0.25) is 0 Å². The summed E-state index contributed by atoms with van der Waals surface area (Å²) in [5.74, 6) is 4.00. The van der Waals surface area contributed by atoms with Crippen LogP contribution in [0.2, 0.25) is 5.15 Å². The molecule has 2 atom stereocenters. The number of carbonyl (C=O) groups excluding carboxylic acids is 4. The number of aryl methyl sites for hydroxylation is 4. The van der Waals surface area contributed by atoms with E-state index in [9.17, 15) is 19.2 Å². The summed E-state index contributed by atoms with van der Waals surface area (Å²) in [6.07, 6.45) is 5.65. The number of amides is 2. The maximum absolute atomic E-state index is 13.1. The van der Waals surface area contributed by atoms with Gasteiger partial charge in [0.1, 0.15) is 83.4 Å². The molecule has 504 valence electrons. The second-order valence-electron chi connectivity index (χ2n) is 25.8. The molecule has 5 N–H and O–H groups in total. The summed E-state index contributed by atoms with van der Waals surface area (Å²) in [7, 11) is 0. The summed E-state index contributed by atoms with van der Waals surface area (Å²) >= 11 is 6.16. The van der Waals surface area contributed by atoms with Crippen molar-refractivity contribution < 1.29 is 38.1 Å². The molecule has 0 radical (unpaired) electrons. The third kappa shape index (κ3) is 20.5. The van der Waals surface area contributed by atoms with Gasteiger partial charge >= 0.3 is 24.1 Å². The summed E-state index contributed by atoms with van der Waals surface area (Å²) in [6, 6.07) is 37.8. The van der Waals surface area contributed by atoms with Gasteiger partial charge < -0.3 is 59.6 Å². The number of nitrogens with zero attached hydrogens (tertiary/aromatic N) is 10. The van der Waals surface area contributed by atoms with Gasteiger partial charge in [-0.2, -0.15) is 0 Å². The van der Waals surface area contributed by atoms with Gasteiger partial charge in [0.15, 0.2) is 0 Å². The number of benzene rings is 2. The fraction of sp³-hybridized carbons (Fsp3) is 0.417. The molecule has 6 aromatic heterocycles. The van der Waals surface area contributed by atoms with E-state index in [2.05, 4.69) is 143 Å². The number of alkyl carbamates (subject to hydrolysis) is 2. The van der Waals surface area contributed by atoms with Crippen molar-refractivity contribution in [2.24, 2.45) is 5.73 Å². The van der Waals surface area contributed by atoms with E-state index in [1.807, 2.05) is 74.5 Å². The highest BCUT2D eigenvalue weighted by atomic mass is 35.5. The van der Waals surface area contributed by atoms with E-state index in [0.29, 0.717) is 22.8 Å². The SMILES string of the molecule is CC(C)(C)OC(=O)[C@H](CN)NC(=O)OCc1ccccc1.Cc1c(Cl)ncnc1N1CCC(c2cccc(-n3c(C)ccc3C)n2)CC1.Cc1c(NC[C@H](NC(=O)OCc2ccccc2)C(=O)OC(C)(C)C)ncnc1N1CCC(c2cccc(-n3c(C)ccc3C)n2)CC1. The van der Waals surface area contributed by atoms with Crippen molar-refractivity contribution in [1.82, 2.24) is 49.7 Å². The number of aromatic nitrogens is 8. The van der Waals surface area contributed by atoms with Crippen LogP contribution in [0.1, 0.15) is 135 Å². The molecule has 10 rings (SSSR count). The molecule has 8 aromatic rings. The summed E-state index contributed by atoms with van der Waals surface area (Å²) < 4.78 is 25.6. The molecule has 0 saturated carbocycles. The number of halogens is 1. The maximum atomic E-state index is 13.1. The Morgan fingerprint density at radius 2 is 0.926 bits per heavy atom. The molecule has 2 aliphatic heterocycles. The predicted octanol–water partition coefficient (Wildman–Crippen LogP) is 12.2. The van der Waals surface area contributed by atoms with Crippen LogP contribution >= 0.6 is 11.6 Å². The Kier molecular flexibility index (Phi) is 24.9. The highest BCUT2D eigenvalue weighted by Crippen LogP contribution is 2.34. The molecule has 2 amide bonds. The zero-order valence-corrected chi connectivity index (χ0v) is 57.4. The van der Waals surface area contributed by atoms with Crippen LogP contribution < -0.4 is 31.5 Å². The number of hydrogen-bond donors (Lipinski definition) is 4. The minimum atomic E-state index is -1.01. The molecule has 0 bridgehead atoms. The van der Waals surface area contributed by atoms with Crippen LogP contribution in [0.25, 0.3) is 11.6 Å². The lowest BCUT2D eigenvalue weighted by Gasteiger charge is -2.33. The number of hydrogen-bond acceptors (Lipinski definition) is 18. The van der Waals surface area contributed by atoms with Crippen LogP contribution in [-0.2, 0) is 41.8 Å². The van der Waals surface area contributed by atoms with Crippen LogP contribution in [0.15, 0.2) is 134 Å². The van der Waals surface area contributed by atoms with E-state index in [1.165, 1.54) is 34.8 Å². The van der Waals surface area contributed by atoms with Crippen molar-refractivity contribution >= 4 is 53.2 Å². The summed E-state index contributed by atoms with van der Waals surface area (Å²) in [5.41, 5.74) is 14.7. The van der Waals surface area contributed by atoms with Crippen molar-refractivity contribution in [3.63, 3.8) is 0 Å². The van der Waals surface area contributed by atoms with Gasteiger partial charge in [0.05, 0.1) is 0 Å². The normalized spacial score (nSPS) is 14.2. The van der Waals surface area contributed by atoms with Crippen LogP contribution in [0, 0.1) is 41.5 Å². The number of nitrogens with two attached hydrogens (primary N) is 1. The first-order chi connectivity index (χ1) is 45.3. The Morgan fingerprint density at radius 3 is 1.35 bits per heavy atom. The topological polar surface area (TPSA) is 261 Å². The summed E-state index contributed by atoms with van der Waals surface area (Å²) in [4.78, 5) is 81.4. The molecule has 2 saturated heterocycles. The zero-order valence-electron chi connectivity index (χ0n) is 56.7. The quantitative estimate of drug-likeness (QED) is 0.0353. The van der Waals surface area contributed by atoms with Crippen molar-refractivity contribution in [2.45, 2.75) is 157 Å². The number of rotatable bonds is 18. The molecule has 23 heteroatoms. The third-order valence-electron chi connectivity index (χ3n) is 16.1. The molecule has 22 nitrogen and oxygen atoms in total. The number of carbonyl (C=O) groups is 4. The van der Waals surface area contributed by atoms with Crippen molar-refractivity contribution in [3.8, 4) is 11.6 Å². The molecular weight excluding hydrogens is 1220 g/mol. The van der Waals surface area contributed by atoms with E-state index in [4.69, 9.17) is 46.3 Å². The number of piperidine rings is 2. The van der Waals surface area contributed by atoms with Crippen LogP contribution in [0.5, 0.6) is 0 Å². The van der Waals surface area contributed by atoms with Gasteiger partial charge in [0.25, 0.3) is 0 Å². The lowest BCUT2D eigenvalue weighted by atomic mass is 9.93. The van der Waals surface area contributed by atoms with E-state index < -0.39 is 47.4 Å². The number of nitrogens with one attached hydrogen (secondary N) is 3. The molecule has 0 unspecified atom stereocenters. The number of pyridine rings is 2. The second-order valence-corrected chi connectivity index (χ2v) is 26.1. The average Bonchev–Trinajstić information content (AvgIpc) is 1.83. The molecule has 2 fully saturated rings. The smallest absolute Gasteiger partial charge is 0.408 e. The number of ether oxygens (including phenoxy) is 4. The van der Waals surface area contributed by atoms with Gasteiger partial charge in [0.2, 0.25) is 0 Å². The first-order valence-electron chi connectivity index (χ1n) is 32.2. The van der Waals surface area contributed by atoms with Crippen molar-refractivity contribution in [2.75, 3.05) is 54.4 Å². The predicted molar refractivity (Wildman–Crippen MR) is 369 cm³/mol. The minimum Gasteiger partial charge on any atom is -0.458 e. The van der Waals surface area contributed by atoms with Crippen LogP contribution in [0.4, 0.5) is 27.0 Å². The standard InChI is InChI=1S/C36H45N7O4.C21H24ClN5.C15H22N2O4/c1-24-15-16-25(2)43(24)31-14-10-13-29(40-31)28-17-19-42(20-18-28)33-26(3)32(38-23-39-33)37-21-30(34(44)47-36(4,5)6)41-35(45)46-22-27-11-8-7-9-12-27;1-14-7-8-15(2)27(14)19-6-4-5-18(25-19)17-9-11-26(12-10-17)21-16(3)20(22)23-13-24-21;1-15(2,3)21-13(18)12(9-16)17-14(19)20-10-11-7-5-4-6-8-11/h7-16,23,28,30H,17-22H2,1-6H3,(H,41,45)(H,37,38,39);4-8,13,17H,9-12H2,1-3H3;4-8,12H,9-10,16H2,1-3H3,(H,17,19)/t30-;;12-/m0.0/s1. The third-order valence-corrected chi connectivity index (χ3v) is 16.5. The van der Waals surface area contributed by atoms with Crippen molar-refractivity contribution in [3.05, 3.63) is 196 Å². The Morgan fingerprint density at radius 1 is 0.526 bits per heavy atom. The van der Waals surface area contributed by atoms with Gasteiger partial charge in [-0.25, -0.2) is 49.1 Å². The molecule has 2 aromatic carbocycles. The number of esters is 2. The first kappa shape index (κ1) is 71.4. The van der Waals surface area contributed by atoms with Crippen molar-refractivity contribution in [1.29, 1.82) is 0 Å². The maximum Gasteiger partial charge on any atom is 0.408 e. The summed E-state index contributed by atoms with van der Waals surface area (Å²) in [5, 5.41) is 8.83. The average molecular weight is 1320 g/mol. The van der Waals surface area contributed by atoms with E-state index in [0.717, 1.165) is 103 Å². The van der Waals surface area contributed by atoms with Gasteiger partial charge in [-0.05, 0) is 168 Å². The Hall–Kier alpha value is -9.41. The summed E-state index contributed by atoms with van der Waals surface area (Å²) in [6.45, 7) is 26.7. The fourth-order valence-electron chi connectivity index (χ4n) is 11.3. The van der Waals surface area contributed by atoms with E-state index >= 15 is 0 Å². The largest absolute Gasteiger partial charge is 0.458 e. The Labute approximate surface area is 562 Å². The van der Waals surface area contributed by atoms with Gasteiger partial charge in [-0.15, -0.1) is 0 Å². The number of anilines is 3. The molecule has 0 aliphatic carbocycles. The lowest BCUT2D eigenvalue weighted by Crippen LogP contribution is -2.48. The zero-order chi connectivity index (χ0) is 68.4. The molecular formula is C72H91ClN14O8. The fourth-order valence-corrected chi connectivity index (χ4v) is 11.4. The molecule has 8 heterocycles. The highest BCUT2D eigenvalue weighted by molar-refractivity contribution is 6.30. The second kappa shape index (κ2) is 33.1. The Balaban J connectivity index is 0.000000203. The van der Waals surface area contributed by atoms with Gasteiger partial charge in [0, 0.05) is 96.4 Å².